The van der Waals surface area contributed by atoms with Gasteiger partial charge in [-0.05, 0) is 41.8 Å². The van der Waals surface area contributed by atoms with E-state index in [2.05, 4.69) is 13.0 Å². The second-order valence-electron chi connectivity index (χ2n) is 4.67. The van der Waals surface area contributed by atoms with Crippen LogP contribution in [0.5, 0.6) is 11.5 Å². The summed E-state index contributed by atoms with van der Waals surface area (Å²) in [4.78, 5) is 0. The highest BCUT2D eigenvalue weighted by Gasteiger charge is 2.05. The maximum atomic E-state index is 8.64. The van der Waals surface area contributed by atoms with Crippen LogP contribution in [0.2, 0.25) is 0 Å². The highest BCUT2D eigenvalue weighted by Crippen LogP contribution is 2.25. The van der Waals surface area contributed by atoms with Gasteiger partial charge in [-0.3, -0.25) is 0 Å². The fourth-order valence-electron chi connectivity index (χ4n) is 1.95. The SMILES string of the molecule is CCC(N)c1cccc(Oc2ccc(CC#N)cc2)c1. The highest BCUT2D eigenvalue weighted by atomic mass is 16.5. The molecule has 0 saturated heterocycles. The average molecular weight is 266 g/mol. The number of hydrogen-bond donors (Lipinski definition) is 1. The quantitative estimate of drug-likeness (QED) is 0.891. The second kappa shape index (κ2) is 6.74. The van der Waals surface area contributed by atoms with Gasteiger partial charge < -0.3 is 10.5 Å². The number of nitrogens with two attached hydrogens (primary N) is 1. The Bertz CT molecular complexity index is 599. The largest absolute Gasteiger partial charge is 0.457 e. The minimum atomic E-state index is 0.0385. The molecule has 0 spiro atoms. The fraction of sp³-hybridized carbons (Fsp3) is 0.235. The number of nitriles is 1. The molecule has 0 saturated carbocycles. The van der Waals surface area contributed by atoms with E-state index in [9.17, 15) is 0 Å². The third-order valence-electron chi connectivity index (χ3n) is 3.17. The van der Waals surface area contributed by atoms with Crippen LogP contribution in [0.25, 0.3) is 0 Å². The molecular formula is C17H18N2O. The first-order chi connectivity index (χ1) is 9.72. The lowest BCUT2D eigenvalue weighted by Gasteiger charge is -2.11. The summed E-state index contributed by atoms with van der Waals surface area (Å²) in [6.07, 6.45) is 1.31. The summed E-state index contributed by atoms with van der Waals surface area (Å²) in [7, 11) is 0. The van der Waals surface area contributed by atoms with E-state index in [1.807, 2.05) is 48.5 Å². The van der Waals surface area contributed by atoms with Crippen molar-refractivity contribution in [1.82, 2.24) is 0 Å². The molecule has 102 valence electrons. The van der Waals surface area contributed by atoms with Gasteiger partial charge in [-0.25, -0.2) is 0 Å². The minimum absolute atomic E-state index is 0.0385. The van der Waals surface area contributed by atoms with E-state index in [-0.39, 0.29) is 6.04 Å². The molecule has 3 heteroatoms. The van der Waals surface area contributed by atoms with Gasteiger partial charge in [0.05, 0.1) is 12.5 Å². The Hall–Kier alpha value is -2.31. The monoisotopic (exact) mass is 266 g/mol. The molecule has 0 heterocycles. The molecule has 2 rings (SSSR count). The van der Waals surface area contributed by atoms with Gasteiger partial charge in [-0.15, -0.1) is 0 Å². The van der Waals surface area contributed by atoms with E-state index in [4.69, 9.17) is 15.7 Å². The van der Waals surface area contributed by atoms with Crippen LogP contribution in [0.3, 0.4) is 0 Å². The summed E-state index contributed by atoms with van der Waals surface area (Å²) in [5, 5.41) is 8.64. The predicted octanol–water partition coefficient (Wildman–Crippen LogP) is 3.95. The van der Waals surface area contributed by atoms with Crippen LogP contribution in [0, 0.1) is 11.3 Å². The standard InChI is InChI=1S/C17H18N2O/c1-2-17(19)14-4-3-5-16(12-14)20-15-8-6-13(7-9-15)10-11-18/h3-9,12,17H,2,10,19H2,1H3. The topological polar surface area (TPSA) is 59.0 Å². The van der Waals surface area contributed by atoms with E-state index in [0.717, 1.165) is 29.0 Å². The lowest BCUT2D eigenvalue weighted by molar-refractivity contribution is 0.481. The Labute approximate surface area is 119 Å². The average Bonchev–Trinajstić information content (AvgIpc) is 2.49. The van der Waals surface area contributed by atoms with Crippen molar-refractivity contribution in [2.45, 2.75) is 25.8 Å². The number of nitrogens with zero attached hydrogens (tertiary/aromatic N) is 1. The maximum absolute atomic E-state index is 8.64. The Kier molecular flexibility index (Phi) is 4.75. The summed E-state index contributed by atoms with van der Waals surface area (Å²) < 4.78 is 5.81. The van der Waals surface area contributed by atoms with Crippen molar-refractivity contribution >= 4 is 0 Å². The number of benzene rings is 2. The Morgan fingerprint density at radius 1 is 1.15 bits per heavy atom. The molecule has 0 aliphatic rings. The normalized spacial score (nSPS) is 11.7. The maximum Gasteiger partial charge on any atom is 0.127 e. The van der Waals surface area contributed by atoms with Crippen LogP contribution in [0.15, 0.2) is 48.5 Å². The zero-order chi connectivity index (χ0) is 14.4. The van der Waals surface area contributed by atoms with Crippen molar-refractivity contribution < 1.29 is 4.74 Å². The molecule has 0 fully saturated rings. The van der Waals surface area contributed by atoms with E-state index in [1.54, 1.807) is 0 Å². The Morgan fingerprint density at radius 2 is 1.90 bits per heavy atom. The molecule has 0 aliphatic heterocycles. The van der Waals surface area contributed by atoms with Crippen molar-refractivity contribution in [3.05, 3.63) is 59.7 Å². The predicted molar refractivity (Wildman–Crippen MR) is 79.5 cm³/mol. The van der Waals surface area contributed by atoms with Gasteiger partial charge in [-0.1, -0.05) is 31.2 Å². The molecule has 0 aliphatic carbocycles. The van der Waals surface area contributed by atoms with Gasteiger partial charge in [0.25, 0.3) is 0 Å². The number of rotatable bonds is 5. The van der Waals surface area contributed by atoms with Gasteiger partial charge in [0.1, 0.15) is 11.5 Å². The molecule has 2 N–H and O–H groups in total. The van der Waals surface area contributed by atoms with Crippen molar-refractivity contribution in [3.8, 4) is 17.6 Å². The van der Waals surface area contributed by atoms with Crippen molar-refractivity contribution in [2.75, 3.05) is 0 Å². The molecule has 20 heavy (non-hydrogen) atoms. The molecule has 0 aromatic heterocycles. The summed E-state index contributed by atoms with van der Waals surface area (Å²) in [6.45, 7) is 2.06. The first kappa shape index (κ1) is 14.1. The Morgan fingerprint density at radius 3 is 2.55 bits per heavy atom. The third-order valence-corrected chi connectivity index (χ3v) is 3.17. The molecule has 0 radical (unpaired) electrons. The third kappa shape index (κ3) is 3.59. The van der Waals surface area contributed by atoms with Gasteiger partial charge >= 0.3 is 0 Å². The van der Waals surface area contributed by atoms with Crippen LogP contribution in [-0.2, 0) is 6.42 Å². The fourth-order valence-corrected chi connectivity index (χ4v) is 1.95. The van der Waals surface area contributed by atoms with Gasteiger partial charge in [0.2, 0.25) is 0 Å². The van der Waals surface area contributed by atoms with Crippen molar-refractivity contribution in [3.63, 3.8) is 0 Å². The van der Waals surface area contributed by atoms with Gasteiger partial charge in [0.15, 0.2) is 0 Å². The minimum Gasteiger partial charge on any atom is -0.457 e. The van der Waals surface area contributed by atoms with Crippen LogP contribution in [-0.4, -0.2) is 0 Å². The lowest BCUT2D eigenvalue weighted by atomic mass is 10.1. The molecule has 2 aromatic rings. The van der Waals surface area contributed by atoms with Gasteiger partial charge in [-0.2, -0.15) is 5.26 Å². The van der Waals surface area contributed by atoms with Crippen molar-refractivity contribution in [1.29, 1.82) is 5.26 Å². The molecule has 1 unspecified atom stereocenters. The second-order valence-corrected chi connectivity index (χ2v) is 4.67. The number of hydrogen-bond acceptors (Lipinski definition) is 3. The van der Waals surface area contributed by atoms with E-state index in [0.29, 0.717) is 6.42 Å². The van der Waals surface area contributed by atoms with E-state index >= 15 is 0 Å². The molecule has 1 atom stereocenters. The van der Waals surface area contributed by atoms with Crippen LogP contribution in [0.4, 0.5) is 0 Å². The molecule has 0 amide bonds. The van der Waals surface area contributed by atoms with E-state index < -0.39 is 0 Å². The van der Waals surface area contributed by atoms with Crippen molar-refractivity contribution in [2.24, 2.45) is 5.73 Å². The smallest absolute Gasteiger partial charge is 0.127 e. The molecular weight excluding hydrogens is 248 g/mol. The first-order valence-corrected chi connectivity index (χ1v) is 6.72. The lowest BCUT2D eigenvalue weighted by Crippen LogP contribution is -2.08. The summed E-state index contributed by atoms with van der Waals surface area (Å²) in [5.74, 6) is 1.54. The van der Waals surface area contributed by atoms with E-state index in [1.165, 1.54) is 0 Å². The van der Waals surface area contributed by atoms with Crippen LogP contribution in [0.1, 0.15) is 30.5 Å². The zero-order valence-electron chi connectivity index (χ0n) is 11.5. The zero-order valence-corrected chi connectivity index (χ0v) is 11.5. The molecule has 3 nitrogen and oxygen atoms in total. The Balaban J connectivity index is 2.11. The summed E-state index contributed by atoms with van der Waals surface area (Å²) in [6, 6.07) is 17.6. The highest BCUT2D eigenvalue weighted by molar-refractivity contribution is 5.36. The molecule has 2 aromatic carbocycles. The van der Waals surface area contributed by atoms with Gasteiger partial charge in [0, 0.05) is 6.04 Å². The molecule has 0 bridgehead atoms. The van der Waals surface area contributed by atoms with Crippen LogP contribution >= 0.6 is 0 Å². The number of ether oxygens (including phenoxy) is 1. The first-order valence-electron chi connectivity index (χ1n) is 6.72. The van der Waals surface area contributed by atoms with Crippen LogP contribution < -0.4 is 10.5 Å². The summed E-state index contributed by atoms with van der Waals surface area (Å²) >= 11 is 0. The summed E-state index contributed by atoms with van der Waals surface area (Å²) in [5.41, 5.74) is 8.09.